The smallest absolute Gasteiger partial charge is 0.248 e. The average Bonchev–Trinajstić information content (AvgIpc) is 1.27. The summed E-state index contributed by atoms with van der Waals surface area (Å²) in [7, 11) is 0. The van der Waals surface area contributed by atoms with Crippen molar-refractivity contribution in [3.63, 3.8) is 0 Å². The molecule has 0 aliphatic heterocycles. The highest BCUT2D eigenvalue weighted by atomic mass is 32.2. The molecule has 0 rings (SSSR count). The second-order valence-electron chi connectivity index (χ2n) is 0.861. The molecule has 0 saturated carbocycles. The number of hydrogen-bond donors (Lipinski definition) is 0. The molecule has 1 atom stereocenters. The lowest BCUT2D eigenvalue weighted by Gasteiger charge is -2.00. The van der Waals surface area contributed by atoms with E-state index < -0.39 is 23.3 Å². The molecule has 0 fully saturated rings. The average molecular weight is 129 g/mol. The Bertz CT molecular complexity index is 74.1. The van der Waals surface area contributed by atoms with Gasteiger partial charge in [0.15, 0.2) is 0 Å². The summed E-state index contributed by atoms with van der Waals surface area (Å²) in [6.45, 7) is 0. The topological polar surface area (TPSA) is 40.1 Å². The molecule has 0 N–H and O–H groups in total. The third kappa shape index (κ3) is 5.97. The van der Waals surface area contributed by atoms with Crippen LogP contribution < -0.4 is 0 Å². The number of hydrogen-bond acceptors (Lipinski definition) is 2. The van der Waals surface area contributed by atoms with E-state index in [9.17, 15) is 17.5 Å². The van der Waals surface area contributed by atoms with Crippen LogP contribution in [-0.4, -0.2) is 20.9 Å². The Balaban J connectivity index is 3.13. The van der Waals surface area contributed by atoms with Crippen molar-refractivity contribution < 1.29 is 17.5 Å². The van der Waals surface area contributed by atoms with E-state index >= 15 is 0 Å². The molecule has 44 valence electrons. The zero-order valence-electron chi connectivity index (χ0n) is 3.27. The molecule has 5 heteroatoms. The molecule has 0 aliphatic carbocycles. The molecule has 7 heavy (non-hydrogen) atoms. The molecule has 0 saturated heterocycles. The van der Waals surface area contributed by atoms with Crippen molar-refractivity contribution >= 4 is 11.1 Å². The summed E-state index contributed by atoms with van der Waals surface area (Å²) >= 11 is -2.60. The van der Waals surface area contributed by atoms with Crippen LogP contribution in [0.3, 0.4) is 0 Å². The van der Waals surface area contributed by atoms with Crippen LogP contribution in [0, 0.1) is 0 Å². The van der Waals surface area contributed by atoms with Crippen LogP contribution in [-0.2, 0) is 11.1 Å². The van der Waals surface area contributed by atoms with Crippen LogP contribution in [0.5, 0.6) is 0 Å². The monoisotopic (exact) mass is 129 g/mol. The van der Waals surface area contributed by atoms with Crippen LogP contribution in [0.15, 0.2) is 0 Å². The third-order valence-corrected chi connectivity index (χ3v) is 0.786. The van der Waals surface area contributed by atoms with Crippen LogP contribution in [0.25, 0.3) is 0 Å². The first-order valence-corrected chi connectivity index (χ1v) is 2.71. The summed E-state index contributed by atoms with van der Waals surface area (Å²) in [5, 5.41) is 0. The van der Waals surface area contributed by atoms with Gasteiger partial charge in [-0.3, -0.25) is 4.21 Å². The second-order valence-corrected chi connectivity index (χ2v) is 1.80. The van der Waals surface area contributed by atoms with Crippen molar-refractivity contribution in [2.75, 3.05) is 5.75 Å². The molecule has 0 aliphatic rings. The van der Waals surface area contributed by atoms with Gasteiger partial charge in [0, 0.05) is 0 Å². The molecule has 0 aromatic rings. The van der Waals surface area contributed by atoms with E-state index in [1.807, 2.05) is 0 Å². The number of rotatable bonds is 2. The summed E-state index contributed by atoms with van der Waals surface area (Å²) in [6.07, 6.45) is -2.74. The lowest BCUT2D eigenvalue weighted by Crippen LogP contribution is -2.04. The SMILES string of the molecule is O=S([O-])CC(F)F. The van der Waals surface area contributed by atoms with Gasteiger partial charge < -0.3 is 4.55 Å². The fourth-order valence-corrected chi connectivity index (χ4v) is 0.309. The summed E-state index contributed by atoms with van der Waals surface area (Å²) in [5.41, 5.74) is 0. The molecule has 0 amide bonds. The van der Waals surface area contributed by atoms with E-state index in [0.29, 0.717) is 0 Å². The normalized spacial score (nSPS) is 14.9. The maximum Gasteiger partial charge on any atom is 0.248 e. The summed E-state index contributed by atoms with van der Waals surface area (Å²) in [4.78, 5) is 0. The minimum absolute atomic E-state index is 1.06. The van der Waals surface area contributed by atoms with Gasteiger partial charge in [0.1, 0.15) is 0 Å². The van der Waals surface area contributed by atoms with E-state index in [1.165, 1.54) is 0 Å². The van der Waals surface area contributed by atoms with Gasteiger partial charge in [-0.05, 0) is 11.1 Å². The molecular formula is C2H3F2O2S-. The maximum atomic E-state index is 10.9. The van der Waals surface area contributed by atoms with Crippen molar-refractivity contribution in [3.05, 3.63) is 0 Å². The van der Waals surface area contributed by atoms with Crippen LogP contribution in [0.1, 0.15) is 0 Å². The highest BCUT2D eigenvalue weighted by Gasteiger charge is 1.98. The van der Waals surface area contributed by atoms with Gasteiger partial charge in [-0.2, -0.15) is 0 Å². The number of halogens is 2. The fourth-order valence-electron chi connectivity index (χ4n) is 0.103. The first-order valence-electron chi connectivity index (χ1n) is 1.47. The van der Waals surface area contributed by atoms with Crippen molar-refractivity contribution in [2.45, 2.75) is 6.43 Å². The number of alkyl halides is 2. The van der Waals surface area contributed by atoms with Crippen molar-refractivity contribution in [1.29, 1.82) is 0 Å². The van der Waals surface area contributed by atoms with E-state index in [2.05, 4.69) is 0 Å². The second kappa shape index (κ2) is 3.04. The van der Waals surface area contributed by atoms with Crippen molar-refractivity contribution in [2.24, 2.45) is 0 Å². The quantitative estimate of drug-likeness (QED) is 0.497. The van der Waals surface area contributed by atoms with Crippen molar-refractivity contribution in [3.8, 4) is 0 Å². The van der Waals surface area contributed by atoms with E-state index in [1.54, 1.807) is 0 Å². The van der Waals surface area contributed by atoms with E-state index in [4.69, 9.17) is 0 Å². The van der Waals surface area contributed by atoms with Gasteiger partial charge in [0.2, 0.25) is 6.43 Å². The lowest BCUT2D eigenvalue weighted by molar-refractivity contribution is 0.173. The fraction of sp³-hybridized carbons (Fsp3) is 1.00. The van der Waals surface area contributed by atoms with Gasteiger partial charge in [0.05, 0.1) is 5.75 Å². The van der Waals surface area contributed by atoms with E-state index in [-0.39, 0.29) is 0 Å². The van der Waals surface area contributed by atoms with Gasteiger partial charge >= 0.3 is 0 Å². The van der Waals surface area contributed by atoms with Crippen LogP contribution in [0.4, 0.5) is 8.78 Å². The highest BCUT2D eigenvalue weighted by molar-refractivity contribution is 7.79. The molecule has 2 nitrogen and oxygen atoms in total. The Hall–Kier alpha value is -0.0300. The molecule has 0 aromatic carbocycles. The van der Waals surface area contributed by atoms with Crippen LogP contribution in [0.2, 0.25) is 0 Å². The zero-order chi connectivity index (χ0) is 5.86. The minimum atomic E-state index is -2.74. The molecule has 0 spiro atoms. The van der Waals surface area contributed by atoms with Gasteiger partial charge in [-0.1, -0.05) is 0 Å². The van der Waals surface area contributed by atoms with Crippen LogP contribution >= 0.6 is 0 Å². The molecule has 1 unspecified atom stereocenters. The van der Waals surface area contributed by atoms with Gasteiger partial charge in [-0.25, -0.2) is 8.78 Å². The zero-order valence-corrected chi connectivity index (χ0v) is 4.08. The van der Waals surface area contributed by atoms with Gasteiger partial charge in [0.25, 0.3) is 0 Å². The predicted octanol–water partition coefficient (Wildman–Crippen LogP) is 0.131. The Morgan fingerprint density at radius 3 is 2.14 bits per heavy atom. The Morgan fingerprint density at radius 1 is 1.71 bits per heavy atom. The summed E-state index contributed by atoms with van der Waals surface area (Å²) in [5.74, 6) is -1.06. The molecule has 0 bridgehead atoms. The highest BCUT2D eigenvalue weighted by Crippen LogP contribution is 1.91. The Kier molecular flexibility index (Phi) is 3.02. The largest absolute Gasteiger partial charge is 0.772 e. The standard InChI is InChI=1S/C2H4F2O2S/c3-2(4)1-7(5)6/h2H,1H2,(H,5,6)/p-1. The first-order chi connectivity index (χ1) is 3.13. The Labute approximate surface area is 41.8 Å². The van der Waals surface area contributed by atoms with Gasteiger partial charge in [-0.15, -0.1) is 0 Å². The maximum absolute atomic E-state index is 10.9. The molecule has 0 radical (unpaired) electrons. The predicted molar refractivity (Wildman–Crippen MR) is 19.8 cm³/mol. The minimum Gasteiger partial charge on any atom is -0.772 e. The third-order valence-electron chi connectivity index (χ3n) is 0.262. The van der Waals surface area contributed by atoms with Crippen molar-refractivity contribution in [1.82, 2.24) is 0 Å². The lowest BCUT2D eigenvalue weighted by atomic mass is 10.9. The summed E-state index contributed by atoms with van der Waals surface area (Å²) in [6, 6.07) is 0. The Morgan fingerprint density at radius 2 is 2.14 bits per heavy atom. The van der Waals surface area contributed by atoms with E-state index in [0.717, 1.165) is 0 Å². The molecule has 0 aromatic heterocycles. The first kappa shape index (κ1) is 6.97. The molecule has 0 heterocycles. The molecular weight excluding hydrogens is 126 g/mol. The summed E-state index contributed by atoms with van der Waals surface area (Å²) < 4.78 is 40.4.